The van der Waals surface area contributed by atoms with Crippen molar-refractivity contribution in [3.8, 4) is 5.69 Å². The number of nitrogen functional groups attached to an aromatic ring is 1. The summed E-state index contributed by atoms with van der Waals surface area (Å²) in [4.78, 5) is 4.30. The fraction of sp³-hybridized carbons (Fsp3) is 0. The number of nitrogens with two attached hydrogens (primary N) is 1. The highest BCUT2D eigenvalue weighted by Gasteiger charge is 2.10. The molecular formula is C13H9Cl2N3. The molecule has 0 atom stereocenters. The lowest BCUT2D eigenvalue weighted by molar-refractivity contribution is 1.11. The average molecular weight is 278 g/mol. The van der Waals surface area contributed by atoms with Crippen molar-refractivity contribution < 1.29 is 0 Å². The van der Waals surface area contributed by atoms with E-state index in [1.54, 1.807) is 18.2 Å². The van der Waals surface area contributed by atoms with Gasteiger partial charge in [0, 0.05) is 10.0 Å². The van der Waals surface area contributed by atoms with E-state index in [0.717, 1.165) is 16.7 Å². The van der Waals surface area contributed by atoms with Gasteiger partial charge in [-0.2, -0.15) is 0 Å². The number of fused-ring (bicyclic) bond motifs is 1. The molecule has 0 saturated carbocycles. The van der Waals surface area contributed by atoms with Gasteiger partial charge < -0.3 is 5.73 Å². The molecule has 0 aliphatic carbocycles. The molecule has 3 rings (SSSR count). The summed E-state index contributed by atoms with van der Waals surface area (Å²) < 4.78 is 1.83. The fourth-order valence-electron chi connectivity index (χ4n) is 1.98. The molecule has 1 aromatic heterocycles. The zero-order valence-corrected chi connectivity index (χ0v) is 10.8. The van der Waals surface area contributed by atoms with E-state index in [0.29, 0.717) is 16.0 Å². The molecule has 3 aromatic rings. The molecule has 0 bridgehead atoms. The first kappa shape index (κ1) is 11.4. The van der Waals surface area contributed by atoms with Crippen LogP contribution < -0.4 is 5.73 Å². The van der Waals surface area contributed by atoms with Crippen molar-refractivity contribution in [2.45, 2.75) is 0 Å². The molecule has 0 amide bonds. The van der Waals surface area contributed by atoms with Gasteiger partial charge in [-0.1, -0.05) is 35.3 Å². The van der Waals surface area contributed by atoms with Gasteiger partial charge in [-0.25, -0.2) is 4.98 Å². The molecule has 0 fully saturated rings. The van der Waals surface area contributed by atoms with Gasteiger partial charge in [0.1, 0.15) is 0 Å². The average Bonchev–Trinajstić information content (AvgIpc) is 2.63. The highest BCUT2D eigenvalue weighted by atomic mass is 35.5. The largest absolute Gasteiger partial charge is 0.369 e. The summed E-state index contributed by atoms with van der Waals surface area (Å²) in [6, 6.07) is 13.0. The van der Waals surface area contributed by atoms with Crippen LogP contribution in [-0.2, 0) is 0 Å². The number of hydrogen-bond donors (Lipinski definition) is 1. The third-order valence-electron chi connectivity index (χ3n) is 2.69. The standard InChI is InChI=1S/C13H9Cl2N3/c14-8-5-9(15)7-10(6-8)18-12-4-2-1-3-11(12)17-13(18)16/h1-7H,(H2,16,17). The summed E-state index contributed by atoms with van der Waals surface area (Å²) in [5.41, 5.74) is 8.52. The summed E-state index contributed by atoms with van der Waals surface area (Å²) in [5.74, 6) is 0.412. The smallest absolute Gasteiger partial charge is 0.205 e. The van der Waals surface area contributed by atoms with E-state index < -0.39 is 0 Å². The summed E-state index contributed by atoms with van der Waals surface area (Å²) in [6.07, 6.45) is 0. The molecule has 2 N–H and O–H groups in total. The lowest BCUT2D eigenvalue weighted by Crippen LogP contribution is -2.00. The molecule has 0 saturated heterocycles. The molecule has 2 aromatic carbocycles. The number of para-hydroxylation sites is 2. The van der Waals surface area contributed by atoms with Crippen molar-refractivity contribution in [2.24, 2.45) is 0 Å². The maximum Gasteiger partial charge on any atom is 0.205 e. The fourth-order valence-corrected chi connectivity index (χ4v) is 2.50. The van der Waals surface area contributed by atoms with Crippen LogP contribution >= 0.6 is 23.2 Å². The highest BCUT2D eigenvalue weighted by Crippen LogP contribution is 2.27. The Morgan fingerprint density at radius 1 is 1.00 bits per heavy atom. The maximum absolute atomic E-state index is 6.01. The van der Waals surface area contributed by atoms with Crippen LogP contribution in [0.25, 0.3) is 16.7 Å². The van der Waals surface area contributed by atoms with Gasteiger partial charge >= 0.3 is 0 Å². The molecule has 1 heterocycles. The Morgan fingerprint density at radius 3 is 2.39 bits per heavy atom. The van der Waals surface area contributed by atoms with Crippen LogP contribution in [0.15, 0.2) is 42.5 Å². The first-order valence-electron chi connectivity index (χ1n) is 5.34. The normalized spacial score (nSPS) is 11.0. The van der Waals surface area contributed by atoms with Crippen LogP contribution in [0.3, 0.4) is 0 Å². The Hall–Kier alpha value is -1.71. The summed E-state index contributed by atoms with van der Waals surface area (Å²) >= 11 is 12.0. The molecule has 0 aliphatic heterocycles. The van der Waals surface area contributed by atoms with E-state index in [2.05, 4.69) is 4.98 Å². The molecule has 90 valence electrons. The second kappa shape index (κ2) is 4.19. The Bertz CT molecular complexity index is 714. The Kier molecular flexibility index (Phi) is 2.65. The van der Waals surface area contributed by atoms with E-state index in [9.17, 15) is 0 Å². The number of halogens is 2. The number of anilines is 1. The molecule has 0 aliphatic rings. The van der Waals surface area contributed by atoms with Crippen molar-refractivity contribution in [3.05, 3.63) is 52.5 Å². The minimum absolute atomic E-state index is 0.412. The molecule has 5 heteroatoms. The van der Waals surface area contributed by atoms with Crippen LogP contribution in [-0.4, -0.2) is 9.55 Å². The van der Waals surface area contributed by atoms with Crippen molar-refractivity contribution in [2.75, 3.05) is 5.73 Å². The Labute approximate surface area is 114 Å². The van der Waals surface area contributed by atoms with Gasteiger partial charge in [-0.3, -0.25) is 4.57 Å². The molecular weight excluding hydrogens is 269 g/mol. The van der Waals surface area contributed by atoms with Crippen LogP contribution in [0.2, 0.25) is 10.0 Å². The van der Waals surface area contributed by atoms with E-state index in [-0.39, 0.29) is 0 Å². The van der Waals surface area contributed by atoms with Gasteiger partial charge in [-0.15, -0.1) is 0 Å². The van der Waals surface area contributed by atoms with Gasteiger partial charge in [0.2, 0.25) is 5.95 Å². The Morgan fingerprint density at radius 2 is 1.67 bits per heavy atom. The molecule has 3 nitrogen and oxygen atoms in total. The summed E-state index contributed by atoms with van der Waals surface area (Å²) in [7, 11) is 0. The van der Waals surface area contributed by atoms with Gasteiger partial charge in [-0.05, 0) is 30.3 Å². The minimum Gasteiger partial charge on any atom is -0.369 e. The summed E-state index contributed by atoms with van der Waals surface area (Å²) in [6.45, 7) is 0. The van der Waals surface area contributed by atoms with Crippen molar-refractivity contribution in [1.82, 2.24) is 9.55 Å². The molecule has 18 heavy (non-hydrogen) atoms. The monoisotopic (exact) mass is 277 g/mol. The van der Waals surface area contributed by atoms with Gasteiger partial charge in [0.15, 0.2) is 0 Å². The zero-order valence-electron chi connectivity index (χ0n) is 9.27. The lowest BCUT2D eigenvalue weighted by atomic mass is 10.3. The first-order chi connectivity index (χ1) is 8.65. The number of hydrogen-bond acceptors (Lipinski definition) is 2. The van der Waals surface area contributed by atoms with Crippen molar-refractivity contribution >= 4 is 40.2 Å². The van der Waals surface area contributed by atoms with E-state index >= 15 is 0 Å². The molecule has 0 unspecified atom stereocenters. The van der Waals surface area contributed by atoms with E-state index in [1.807, 2.05) is 28.8 Å². The quantitative estimate of drug-likeness (QED) is 0.733. The third-order valence-corrected chi connectivity index (χ3v) is 3.13. The Balaban J connectivity index is 2.34. The SMILES string of the molecule is Nc1nc2ccccc2n1-c1cc(Cl)cc(Cl)c1. The maximum atomic E-state index is 6.01. The number of rotatable bonds is 1. The molecule has 0 radical (unpaired) electrons. The van der Waals surface area contributed by atoms with Gasteiger partial charge in [0.05, 0.1) is 16.7 Å². The highest BCUT2D eigenvalue weighted by molar-refractivity contribution is 6.34. The van der Waals surface area contributed by atoms with Crippen LogP contribution in [0.5, 0.6) is 0 Å². The van der Waals surface area contributed by atoms with Crippen molar-refractivity contribution in [1.29, 1.82) is 0 Å². The van der Waals surface area contributed by atoms with E-state index in [1.165, 1.54) is 0 Å². The number of benzene rings is 2. The third kappa shape index (κ3) is 1.82. The topological polar surface area (TPSA) is 43.8 Å². The number of aromatic nitrogens is 2. The first-order valence-corrected chi connectivity index (χ1v) is 6.10. The molecule has 0 spiro atoms. The zero-order chi connectivity index (χ0) is 12.7. The van der Waals surface area contributed by atoms with Gasteiger partial charge in [0.25, 0.3) is 0 Å². The number of nitrogens with zero attached hydrogens (tertiary/aromatic N) is 2. The predicted molar refractivity (Wildman–Crippen MR) is 75.5 cm³/mol. The minimum atomic E-state index is 0.412. The van der Waals surface area contributed by atoms with Crippen molar-refractivity contribution in [3.63, 3.8) is 0 Å². The lowest BCUT2D eigenvalue weighted by Gasteiger charge is -2.07. The summed E-state index contributed by atoms with van der Waals surface area (Å²) in [5, 5.41) is 1.13. The van der Waals surface area contributed by atoms with E-state index in [4.69, 9.17) is 28.9 Å². The second-order valence-corrected chi connectivity index (χ2v) is 4.79. The van der Waals surface area contributed by atoms with Crippen LogP contribution in [0.4, 0.5) is 5.95 Å². The number of imidazole rings is 1. The predicted octanol–water partition coefficient (Wildman–Crippen LogP) is 3.91. The second-order valence-electron chi connectivity index (χ2n) is 3.92. The van der Waals surface area contributed by atoms with Crippen LogP contribution in [0.1, 0.15) is 0 Å². The van der Waals surface area contributed by atoms with Crippen LogP contribution in [0, 0.1) is 0 Å².